The zero-order valence-electron chi connectivity index (χ0n) is 20.0. The average molecular weight is 519 g/mol. The van der Waals surface area contributed by atoms with Crippen LogP contribution in [0.5, 0.6) is 0 Å². The highest BCUT2D eigenvalue weighted by Crippen LogP contribution is 2.25. The van der Waals surface area contributed by atoms with Gasteiger partial charge in [0.25, 0.3) is 5.56 Å². The monoisotopic (exact) mass is 519 g/mol. The molecule has 11 heteroatoms. The minimum absolute atomic E-state index is 0.0861. The molecule has 0 aliphatic heterocycles. The quantitative estimate of drug-likeness (QED) is 0.277. The fourth-order valence-corrected chi connectivity index (χ4v) is 3.90. The summed E-state index contributed by atoms with van der Waals surface area (Å²) in [6.07, 6.45) is 0.457. The lowest BCUT2D eigenvalue weighted by Gasteiger charge is -2.17. The molecule has 7 nitrogen and oxygen atoms in total. The van der Waals surface area contributed by atoms with Gasteiger partial charge in [-0.3, -0.25) is 19.0 Å². The standard InChI is InChI=1S/C26H25F4N3O4/c1-13(2)9-21(26(36)37)32-8-7-14-10-19(29)23(20(30)11-14)33-22(34)6-5-17(25(33)31)24(35)16-4-3-15(27)12-18(16)28/h3-6,10-13,21,32H,7-9,31H2,1-2H3,(H,36,37)/t21-/m0/s1. The molecular formula is C26H25F4N3O4. The summed E-state index contributed by atoms with van der Waals surface area (Å²) in [5.74, 6) is -6.95. The van der Waals surface area contributed by atoms with E-state index in [9.17, 15) is 28.3 Å². The number of carbonyl (C=O) groups excluding carboxylic acids is 1. The number of aromatic nitrogens is 1. The van der Waals surface area contributed by atoms with Crippen LogP contribution in [0.1, 0.15) is 41.8 Å². The summed E-state index contributed by atoms with van der Waals surface area (Å²) in [6, 6.07) is 5.20. The summed E-state index contributed by atoms with van der Waals surface area (Å²) < 4.78 is 57.9. The second-order valence-corrected chi connectivity index (χ2v) is 8.89. The molecule has 1 aromatic heterocycles. The van der Waals surface area contributed by atoms with E-state index >= 15 is 8.78 Å². The molecule has 0 saturated carbocycles. The minimum atomic E-state index is -1.17. The van der Waals surface area contributed by atoms with E-state index in [1.165, 1.54) is 0 Å². The van der Waals surface area contributed by atoms with Gasteiger partial charge in [0, 0.05) is 12.1 Å². The molecule has 37 heavy (non-hydrogen) atoms. The summed E-state index contributed by atoms with van der Waals surface area (Å²) in [5, 5.41) is 12.1. The van der Waals surface area contributed by atoms with Crippen molar-refractivity contribution in [3.63, 3.8) is 0 Å². The number of benzene rings is 2. The van der Waals surface area contributed by atoms with Crippen molar-refractivity contribution in [1.82, 2.24) is 9.88 Å². The van der Waals surface area contributed by atoms with Crippen LogP contribution < -0.4 is 16.6 Å². The van der Waals surface area contributed by atoms with Crippen LogP contribution in [0.25, 0.3) is 5.69 Å². The summed E-state index contributed by atoms with van der Waals surface area (Å²) in [6.45, 7) is 3.86. The van der Waals surface area contributed by atoms with E-state index in [4.69, 9.17) is 5.73 Å². The van der Waals surface area contributed by atoms with Crippen molar-refractivity contribution >= 4 is 17.6 Å². The lowest BCUT2D eigenvalue weighted by molar-refractivity contribution is -0.139. The van der Waals surface area contributed by atoms with E-state index in [0.29, 0.717) is 17.1 Å². The van der Waals surface area contributed by atoms with Crippen molar-refractivity contribution in [3.8, 4) is 5.69 Å². The number of rotatable bonds is 10. The van der Waals surface area contributed by atoms with Crippen LogP contribution in [-0.2, 0) is 11.2 Å². The number of nitrogens with one attached hydrogen (secondary N) is 1. The molecule has 3 aromatic rings. The Labute approximate surface area is 209 Å². The Kier molecular flexibility index (Phi) is 8.49. The molecule has 3 rings (SSSR count). The van der Waals surface area contributed by atoms with Crippen LogP contribution in [0, 0.1) is 29.2 Å². The minimum Gasteiger partial charge on any atom is -0.480 e. The van der Waals surface area contributed by atoms with Gasteiger partial charge in [0.15, 0.2) is 17.4 Å². The molecule has 1 heterocycles. The number of nitrogens with two attached hydrogens (primary N) is 1. The van der Waals surface area contributed by atoms with E-state index in [2.05, 4.69) is 5.32 Å². The van der Waals surface area contributed by atoms with Gasteiger partial charge < -0.3 is 16.2 Å². The molecule has 0 aliphatic carbocycles. The maximum atomic E-state index is 15.1. The van der Waals surface area contributed by atoms with Gasteiger partial charge in [0.1, 0.15) is 29.2 Å². The summed E-state index contributed by atoms with van der Waals surface area (Å²) in [4.78, 5) is 36.7. The van der Waals surface area contributed by atoms with Crippen molar-refractivity contribution in [2.24, 2.45) is 5.92 Å². The number of nitrogens with zero attached hydrogens (tertiary/aromatic N) is 1. The maximum absolute atomic E-state index is 15.1. The number of carbonyl (C=O) groups is 2. The lowest BCUT2D eigenvalue weighted by Crippen LogP contribution is -2.38. The fourth-order valence-electron chi connectivity index (χ4n) is 3.90. The smallest absolute Gasteiger partial charge is 0.320 e. The van der Waals surface area contributed by atoms with Gasteiger partial charge in [0.2, 0.25) is 0 Å². The Balaban J connectivity index is 1.92. The number of pyridine rings is 1. The Morgan fingerprint density at radius 3 is 2.16 bits per heavy atom. The predicted octanol–water partition coefficient (Wildman–Crippen LogP) is 3.84. The van der Waals surface area contributed by atoms with E-state index in [1.807, 2.05) is 13.8 Å². The molecule has 0 saturated heterocycles. The Morgan fingerprint density at radius 2 is 1.59 bits per heavy atom. The molecule has 0 radical (unpaired) electrons. The van der Waals surface area contributed by atoms with Gasteiger partial charge in [-0.05, 0) is 61.2 Å². The molecule has 0 aliphatic rings. The number of ketones is 1. The first kappa shape index (κ1) is 27.6. The Bertz CT molecular complexity index is 1380. The third-order valence-corrected chi connectivity index (χ3v) is 5.66. The first-order valence-electron chi connectivity index (χ1n) is 11.4. The molecule has 0 unspecified atom stereocenters. The molecule has 1 atom stereocenters. The highest BCUT2D eigenvalue weighted by molar-refractivity contribution is 6.11. The zero-order valence-corrected chi connectivity index (χ0v) is 20.0. The van der Waals surface area contributed by atoms with E-state index in [1.54, 1.807) is 0 Å². The third-order valence-electron chi connectivity index (χ3n) is 5.66. The molecule has 0 bridgehead atoms. The van der Waals surface area contributed by atoms with Crippen LogP contribution in [0.3, 0.4) is 0 Å². The van der Waals surface area contributed by atoms with Crippen molar-refractivity contribution in [2.45, 2.75) is 32.7 Å². The van der Waals surface area contributed by atoms with Crippen molar-refractivity contribution in [1.29, 1.82) is 0 Å². The highest BCUT2D eigenvalue weighted by Gasteiger charge is 2.23. The number of aliphatic carboxylic acids is 1. The van der Waals surface area contributed by atoms with Gasteiger partial charge in [-0.25, -0.2) is 17.6 Å². The molecular weight excluding hydrogens is 494 g/mol. The number of hydrogen-bond acceptors (Lipinski definition) is 5. The molecule has 2 aromatic carbocycles. The fraction of sp³-hybridized carbons (Fsp3) is 0.269. The van der Waals surface area contributed by atoms with Crippen LogP contribution in [0.2, 0.25) is 0 Å². The van der Waals surface area contributed by atoms with Crippen molar-refractivity contribution in [3.05, 3.63) is 92.8 Å². The van der Waals surface area contributed by atoms with E-state index in [-0.39, 0.29) is 24.4 Å². The Morgan fingerprint density at radius 1 is 0.973 bits per heavy atom. The highest BCUT2D eigenvalue weighted by atomic mass is 19.1. The number of halogens is 4. The molecule has 4 N–H and O–H groups in total. The SMILES string of the molecule is CC(C)C[C@H](NCCc1cc(F)c(-n2c(N)c(C(=O)c3ccc(F)cc3F)ccc2=O)c(F)c1)C(=O)O. The molecule has 196 valence electrons. The van der Waals surface area contributed by atoms with Crippen molar-refractivity contribution < 1.29 is 32.3 Å². The number of carboxylic acid groups (broad SMARTS) is 1. The Hall–Kier alpha value is -3.99. The van der Waals surface area contributed by atoms with Crippen LogP contribution >= 0.6 is 0 Å². The van der Waals surface area contributed by atoms with Crippen LogP contribution in [-0.4, -0.2) is 34.0 Å². The van der Waals surface area contributed by atoms with Gasteiger partial charge in [0.05, 0.1) is 11.1 Å². The van der Waals surface area contributed by atoms with Gasteiger partial charge in [-0.2, -0.15) is 0 Å². The molecule has 0 amide bonds. The topological polar surface area (TPSA) is 114 Å². The van der Waals surface area contributed by atoms with Gasteiger partial charge in [-0.1, -0.05) is 13.8 Å². The van der Waals surface area contributed by atoms with Crippen LogP contribution in [0.15, 0.2) is 47.3 Å². The number of nitrogen functional groups attached to an aromatic ring is 1. The number of anilines is 1. The zero-order chi connectivity index (χ0) is 27.4. The van der Waals surface area contributed by atoms with Crippen LogP contribution in [0.4, 0.5) is 23.4 Å². The average Bonchev–Trinajstić information content (AvgIpc) is 2.79. The first-order valence-corrected chi connectivity index (χ1v) is 11.4. The van der Waals surface area contributed by atoms with E-state index < -0.39 is 69.3 Å². The second-order valence-electron chi connectivity index (χ2n) is 8.89. The number of carboxylic acids is 1. The predicted molar refractivity (Wildman–Crippen MR) is 129 cm³/mol. The first-order chi connectivity index (χ1) is 17.4. The molecule has 0 fully saturated rings. The lowest BCUT2D eigenvalue weighted by atomic mass is 10.0. The summed E-state index contributed by atoms with van der Waals surface area (Å²) >= 11 is 0. The largest absolute Gasteiger partial charge is 0.480 e. The van der Waals surface area contributed by atoms with Gasteiger partial charge >= 0.3 is 5.97 Å². The summed E-state index contributed by atoms with van der Waals surface area (Å²) in [5.41, 5.74) is 3.39. The van der Waals surface area contributed by atoms with Crippen molar-refractivity contribution in [2.75, 3.05) is 12.3 Å². The third kappa shape index (κ3) is 6.23. The maximum Gasteiger partial charge on any atom is 0.320 e. The normalized spacial score (nSPS) is 12.1. The second kappa shape index (κ2) is 11.4. The summed E-state index contributed by atoms with van der Waals surface area (Å²) in [7, 11) is 0. The van der Waals surface area contributed by atoms with E-state index in [0.717, 1.165) is 36.4 Å². The number of hydrogen-bond donors (Lipinski definition) is 3. The van der Waals surface area contributed by atoms with Gasteiger partial charge in [-0.15, -0.1) is 0 Å². The molecule has 0 spiro atoms.